The molecule has 1 amide bonds. The van der Waals surface area contributed by atoms with Crippen molar-refractivity contribution in [2.45, 2.75) is 59.5 Å². The summed E-state index contributed by atoms with van der Waals surface area (Å²) in [6.07, 6.45) is 1.31. The highest BCUT2D eigenvalue weighted by atomic mass is 16.5. The second-order valence-corrected chi connectivity index (χ2v) is 9.34. The van der Waals surface area contributed by atoms with Crippen LogP contribution in [0.3, 0.4) is 0 Å². The summed E-state index contributed by atoms with van der Waals surface area (Å²) in [7, 11) is 0. The van der Waals surface area contributed by atoms with Crippen molar-refractivity contribution < 1.29 is 13.9 Å². The number of nitrogens with zero attached hydrogens (tertiary/aromatic N) is 3. The van der Waals surface area contributed by atoms with Crippen LogP contribution in [0.2, 0.25) is 0 Å². The first kappa shape index (κ1) is 24.0. The molecule has 4 rings (SSSR count). The van der Waals surface area contributed by atoms with Gasteiger partial charge in [0.1, 0.15) is 17.9 Å². The van der Waals surface area contributed by atoms with Gasteiger partial charge in [0.05, 0.1) is 5.71 Å². The van der Waals surface area contributed by atoms with Gasteiger partial charge in [-0.1, -0.05) is 13.0 Å². The van der Waals surface area contributed by atoms with E-state index < -0.39 is 0 Å². The van der Waals surface area contributed by atoms with Gasteiger partial charge in [0.15, 0.2) is 5.58 Å². The number of benzene rings is 2. The summed E-state index contributed by atoms with van der Waals surface area (Å²) in [5.74, 6) is 1.46. The van der Waals surface area contributed by atoms with Crippen LogP contribution in [0.25, 0.3) is 22.6 Å². The lowest BCUT2D eigenvalue weighted by molar-refractivity contribution is -0.122. The summed E-state index contributed by atoms with van der Waals surface area (Å²) >= 11 is 0. The lowest BCUT2D eigenvalue weighted by Crippen LogP contribution is -2.39. The van der Waals surface area contributed by atoms with Gasteiger partial charge in [-0.15, -0.1) is 0 Å². The van der Waals surface area contributed by atoms with E-state index in [2.05, 4.69) is 55.0 Å². The maximum Gasteiger partial charge on any atom is 0.240 e. The van der Waals surface area contributed by atoms with Gasteiger partial charge in [-0.25, -0.2) is 10.4 Å². The largest absolute Gasteiger partial charge is 0.492 e. The molecule has 1 unspecified atom stereocenters. The Morgan fingerprint density at radius 1 is 1.09 bits per heavy atom. The topological polar surface area (TPSA) is 80.0 Å². The molecule has 2 aromatic carbocycles. The molecule has 7 nitrogen and oxygen atoms in total. The van der Waals surface area contributed by atoms with Crippen LogP contribution in [0.5, 0.6) is 5.75 Å². The fourth-order valence-electron chi connectivity index (χ4n) is 4.50. The molecule has 1 aliphatic rings. The summed E-state index contributed by atoms with van der Waals surface area (Å²) in [5.41, 5.74) is 6.81. The van der Waals surface area contributed by atoms with Crippen molar-refractivity contribution in [3.63, 3.8) is 0 Å². The average Bonchev–Trinajstić information content (AvgIpc) is 3.25. The van der Waals surface area contributed by atoms with Gasteiger partial charge < -0.3 is 9.15 Å². The number of fused-ring (bicyclic) bond motifs is 1. The molecule has 0 spiro atoms. The monoisotopic (exact) mass is 462 g/mol. The first-order chi connectivity index (χ1) is 16.4. The number of aromatic nitrogens is 1. The number of oxazole rings is 1. The number of hydrogen-bond donors (Lipinski definition) is 1. The predicted octanol–water partition coefficient (Wildman–Crippen LogP) is 5.24. The Morgan fingerprint density at radius 2 is 1.79 bits per heavy atom. The summed E-state index contributed by atoms with van der Waals surface area (Å²) < 4.78 is 12.0. The minimum Gasteiger partial charge on any atom is -0.492 e. The van der Waals surface area contributed by atoms with Crippen LogP contribution in [-0.4, -0.2) is 46.7 Å². The average molecular weight is 463 g/mol. The van der Waals surface area contributed by atoms with Crippen LogP contribution >= 0.6 is 0 Å². The minimum absolute atomic E-state index is 0.0387. The standard InChI is InChI=1S/C27H34N4O3/c1-6-19-16-25(32)29-30-26(19)21-9-12-23-24(15-21)34-27(28-23)20-7-10-22(11-8-20)33-14-13-31(17(2)3)18(4)5/h7-12,15,17-19H,6,13-14,16H2,1-5H3,(H,29,32). The van der Waals surface area contributed by atoms with E-state index in [0.29, 0.717) is 36.6 Å². The zero-order valence-electron chi connectivity index (χ0n) is 20.7. The first-order valence-electron chi connectivity index (χ1n) is 12.1. The number of hydrazone groups is 1. The third-order valence-electron chi connectivity index (χ3n) is 6.34. The molecule has 0 saturated heterocycles. The molecule has 180 valence electrons. The maximum absolute atomic E-state index is 11.7. The number of carbonyl (C=O) groups excluding carboxylic acids is 1. The summed E-state index contributed by atoms with van der Waals surface area (Å²) in [4.78, 5) is 18.8. The van der Waals surface area contributed by atoms with E-state index in [-0.39, 0.29) is 11.8 Å². The first-order valence-corrected chi connectivity index (χ1v) is 12.1. The number of ether oxygens (including phenoxy) is 1. The van der Waals surface area contributed by atoms with E-state index in [1.165, 1.54) is 0 Å². The molecule has 0 fully saturated rings. The Kier molecular flexibility index (Phi) is 7.32. The Morgan fingerprint density at radius 3 is 2.47 bits per heavy atom. The van der Waals surface area contributed by atoms with Crippen molar-refractivity contribution in [1.82, 2.24) is 15.3 Å². The zero-order valence-corrected chi connectivity index (χ0v) is 20.7. The summed E-state index contributed by atoms with van der Waals surface area (Å²) in [5, 5.41) is 4.31. The second-order valence-electron chi connectivity index (χ2n) is 9.34. The number of nitrogens with one attached hydrogen (secondary N) is 1. The van der Waals surface area contributed by atoms with Gasteiger partial charge in [0, 0.05) is 42.1 Å². The third-order valence-corrected chi connectivity index (χ3v) is 6.34. The van der Waals surface area contributed by atoms with E-state index in [1.54, 1.807) is 0 Å². The number of amides is 1. The molecular weight excluding hydrogens is 428 g/mol. The smallest absolute Gasteiger partial charge is 0.240 e. The van der Waals surface area contributed by atoms with Crippen molar-refractivity contribution in [3.05, 3.63) is 48.0 Å². The molecule has 1 atom stereocenters. The van der Waals surface area contributed by atoms with Crippen LogP contribution < -0.4 is 10.2 Å². The molecule has 34 heavy (non-hydrogen) atoms. The van der Waals surface area contributed by atoms with Crippen molar-refractivity contribution in [3.8, 4) is 17.2 Å². The fourth-order valence-corrected chi connectivity index (χ4v) is 4.50. The zero-order chi connectivity index (χ0) is 24.2. The van der Waals surface area contributed by atoms with E-state index in [0.717, 1.165) is 41.1 Å². The van der Waals surface area contributed by atoms with Crippen molar-refractivity contribution in [2.24, 2.45) is 11.0 Å². The lowest BCUT2D eigenvalue weighted by atomic mass is 9.90. The minimum atomic E-state index is -0.0387. The van der Waals surface area contributed by atoms with Crippen molar-refractivity contribution in [1.29, 1.82) is 0 Å². The molecule has 2 heterocycles. The second kappa shape index (κ2) is 10.4. The molecule has 1 aliphatic heterocycles. The molecular formula is C27H34N4O3. The number of carbonyl (C=O) groups is 1. The highest BCUT2D eigenvalue weighted by Crippen LogP contribution is 2.28. The Labute approximate surface area is 201 Å². The van der Waals surface area contributed by atoms with Crippen LogP contribution in [0.4, 0.5) is 0 Å². The Hall–Kier alpha value is -3.19. The highest BCUT2D eigenvalue weighted by molar-refractivity contribution is 6.07. The van der Waals surface area contributed by atoms with Crippen LogP contribution in [-0.2, 0) is 4.79 Å². The third kappa shape index (κ3) is 5.30. The molecule has 1 N–H and O–H groups in total. The summed E-state index contributed by atoms with van der Waals surface area (Å²) in [6, 6.07) is 14.7. The fraction of sp³-hybridized carbons (Fsp3) is 0.444. The van der Waals surface area contributed by atoms with Gasteiger partial charge in [-0.2, -0.15) is 5.10 Å². The molecule has 1 aromatic heterocycles. The van der Waals surface area contributed by atoms with Crippen molar-refractivity contribution in [2.75, 3.05) is 13.2 Å². The number of hydrogen-bond acceptors (Lipinski definition) is 6. The predicted molar refractivity (Wildman–Crippen MR) is 135 cm³/mol. The van der Waals surface area contributed by atoms with Crippen molar-refractivity contribution >= 4 is 22.7 Å². The van der Waals surface area contributed by atoms with Gasteiger partial charge in [0.25, 0.3) is 0 Å². The lowest BCUT2D eigenvalue weighted by Gasteiger charge is -2.30. The number of rotatable bonds is 9. The quantitative estimate of drug-likeness (QED) is 0.470. The van der Waals surface area contributed by atoms with Gasteiger partial charge in [-0.05, 0) is 70.5 Å². The molecule has 0 bridgehead atoms. The maximum atomic E-state index is 11.7. The normalized spacial score (nSPS) is 16.4. The van der Waals surface area contributed by atoms with Crippen LogP contribution in [0, 0.1) is 5.92 Å². The van der Waals surface area contributed by atoms with Crippen LogP contribution in [0.15, 0.2) is 52.0 Å². The molecule has 0 radical (unpaired) electrons. The molecule has 0 aliphatic carbocycles. The SMILES string of the molecule is CCC1CC(=O)NN=C1c1ccc2nc(-c3ccc(OCCN(C(C)C)C(C)C)cc3)oc2c1. The van der Waals surface area contributed by atoms with Gasteiger partial charge in [0.2, 0.25) is 11.8 Å². The van der Waals surface area contributed by atoms with Crippen LogP contribution in [0.1, 0.15) is 53.0 Å². The summed E-state index contributed by atoms with van der Waals surface area (Å²) in [6.45, 7) is 12.4. The molecule has 0 saturated carbocycles. The van der Waals surface area contributed by atoms with E-state index >= 15 is 0 Å². The Bertz CT molecular complexity index is 1160. The Balaban J connectivity index is 1.46. The highest BCUT2D eigenvalue weighted by Gasteiger charge is 2.24. The molecule has 7 heteroatoms. The van der Waals surface area contributed by atoms with Gasteiger partial charge >= 0.3 is 0 Å². The molecule has 3 aromatic rings. The van der Waals surface area contributed by atoms with E-state index in [1.807, 2.05) is 42.5 Å². The van der Waals surface area contributed by atoms with Gasteiger partial charge in [-0.3, -0.25) is 9.69 Å². The van der Waals surface area contributed by atoms with E-state index in [4.69, 9.17) is 9.15 Å². The van der Waals surface area contributed by atoms with E-state index in [9.17, 15) is 4.79 Å².